The lowest BCUT2D eigenvalue weighted by atomic mass is 9.72. The van der Waals surface area contributed by atoms with Crippen LogP contribution in [0.4, 0.5) is 8.78 Å². The molecule has 30 heavy (non-hydrogen) atoms. The van der Waals surface area contributed by atoms with Crippen LogP contribution in [0.3, 0.4) is 0 Å². The molecule has 8 heteroatoms. The van der Waals surface area contributed by atoms with Gasteiger partial charge in [-0.15, -0.1) is 0 Å². The standard InChI is InChI=1S/C22H23ClF2N2O3/c23-18-10-15(24)5-3-14(18)4-6-19(29)22(25)8-7-21(30,13-27-11-16(28)12-27)20-17(22)2-1-9-26-20/h1-3,5,9-10,16,28,30H,4,6-8,11-13H2/t21-,22+/m1/s1. The molecule has 4 rings (SSSR count). The highest BCUT2D eigenvalue weighted by Gasteiger charge is 2.52. The summed E-state index contributed by atoms with van der Waals surface area (Å²) in [6, 6.07) is 6.96. The Morgan fingerprint density at radius 3 is 2.77 bits per heavy atom. The number of aromatic nitrogens is 1. The Kier molecular flexibility index (Phi) is 5.66. The van der Waals surface area contributed by atoms with Crippen LogP contribution in [-0.4, -0.2) is 51.6 Å². The number of likely N-dealkylation sites (tertiary alicyclic amines) is 1. The number of β-amino-alcohol motifs (C(OH)–C–C–N with tert-alkyl or cyclic N) is 2. The van der Waals surface area contributed by atoms with E-state index in [1.807, 2.05) is 4.90 Å². The van der Waals surface area contributed by atoms with Crippen LogP contribution in [-0.2, 0) is 22.5 Å². The Labute approximate surface area is 178 Å². The highest BCUT2D eigenvalue weighted by Crippen LogP contribution is 2.47. The summed E-state index contributed by atoms with van der Waals surface area (Å²) in [4.78, 5) is 19.0. The number of aryl methyl sites for hydroxylation is 1. The lowest BCUT2D eigenvalue weighted by molar-refractivity contribution is -0.136. The number of nitrogens with zero attached hydrogens (tertiary/aromatic N) is 2. The van der Waals surface area contributed by atoms with Crippen molar-refractivity contribution in [2.45, 2.75) is 43.1 Å². The van der Waals surface area contributed by atoms with Gasteiger partial charge in [0.05, 0.1) is 11.8 Å². The highest BCUT2D eigenvalue weighted by molar-refractivity contribution is 6.31. The molecule has 5 nitrogen and oxygen atoms in total. The number of aliphatic hydroxyl groups excluding tert-OH is 1. The molecular weight excluding hydrogens is 414 g/mol. The van der Waals surface area contributed by atoms with Crippen LogP contribution in [0.2, 0.25) is 5.02 Å². The van der Waals surface area contributed by atoms with Gasteiger partial charge in [-0.3, -0.25) is 14.7 Å². The topological polar surface area (TPSA) is 73.7 Å². The van der Waals surface area contributed by atoms with Crippen LogP contribution in [0.5, 0.6) is 0 Å². The summed E-state index contributed by atoms with van der Waals surface area (Å²) in [5, 5.41) is 20.9. The number of carbonyl (C=O) groups excluding carboxylic acids is 1. The number of benzene rings is 1. The third kappa shape index (κ3) is 3.87. The summed E-state index contributed by atoms with van der Waals surface area (Å²) in [7, 11) is 0. The van der Waals surface area contributed by atoms with E-state index in [9.17, 15) is 19.4 Å². The Balaban J connectivity index is 1.55. The number of Topliss-reactive ketones (excluding diaryl/α,β-unsaturated/α-hetero) is 1. The second-order valence-corrected chi connectivity index (χ2v) is 8.65. The quantitative estimate of drug-likeness (QED) is 0.728. The summed E-state index contributed by atoms with van der Waals surface area (Å²) < 4.78 is 29.2. The molecule has 0 spiro atoms. The second kappa shape index (κ2) is 7.96. The van der Waals surface area contributed by atoms with E-state index in [0.717, 1.165) is 0 Å². The first-order valence-corrected chi connectivity index (χ1v) is 10.3. The number of rotatable bonds is 6. The number of fused-ring (bicyclic) bond motifs is 1. The fourth-order valence-corrected chi connectivity index (χ4v) is 4.65. The molecule has 0 bridgehead atoms. The molecule has 1 fully saturated rings. The molecule has 160 valence electrons. The second-order valence-electron chi connectivity index (χ2n) is 8.24. The molecule has 1 aliphatic carbocycles. The maximum atomic E-state index is 16.0. The zero-order valence-corrected chi connectivity index (χ0v) is 17.1. The molecule has 2 atom stereocenters. The maximum absolute atomic E-state index is 16.0. The lowest BCUT2D eigenvalue weighted by Crippen LogP contribution is -2.57. The predicted molar refractivity (Wildman–Crippen MR) is 107 cm³/mol. The predicted octanol–water partition coefficient (Wildman–Crippen LogP) is 2.90. The summed E-state index contributed by atoms with van der Waals surface area (Å²) in [5.74, 6) is -1.09. The Morgan fingerprint density at radius 2 is 2.07 bits per heavy atom. The van der Waals surface area contributed by atoms with Gasteiger partial charge in [-0.25, -0.2) is 8.78 Å². The van der Waals surface area contributed by atoms with Crippen LogP contribution in [0, 0.1) is 5.82 Å². The lowest BCUT2D eigenvalue weighted by Gasteiger charge is -2.45. The number of ketones is 1. The number of aliphatic hydroxyl groups is 2. The maximum Gasteiger partial charge on any atom is 0.195 e. The number of pyridine rings is 1. The van der Waals surface area contributed by atoms with Crippen molar-refractivity contribution in [3.05, 3.63) is 64.2 Å². The SMILES string of the molecule is O=C(CCc1ccc(F)cc1Cl)[C@]1(F)CC[C@@](O)(CN2CC(O)C2)c2ncccc21. The van der Waals surface area contributed by atoms with Crippen LogP contribution in [0.15, 0.2) is 36.5 Å². The molecule has 0 saturated carbocycles. The van der Waals surface area contributed by atoms with Crippen LogP contribution in [0.1, 0.15) is 36.1 Å². The van der Waals surface area contributed by atoms with Gasteiger partial charge in [-0.05, 0) is 43.0 Å². The largest absolute Gasteiger partial charge is 0.390 e. The van der Waals surface area contributed by atoms with Gasteiger partial charge in [-0.1, -0.05) is 23.7 Å². The van der Waals surface area contributed by atoms with E-state index in [-0.39, 0.29) is 48.5 Å². The minimum Gasteiger partial charge on any atom is -0.390 e. The molecule has 2 heterocycles. The number of halogens is 3. The first-order valence-electron chi connectivity index (χ1n) is 9.96. The molecule has 1 aromatic heterocycles. The fourth-order valence-electron chi connectivity index (χ4n) is 4.38. The monoisotopic (exact) mass is 436 g/mol. The molecular formula is C22H23ClF2N2O3. The van der Waals surface area contributed by atoms with E-state index in [4.69, 9.17) is 11.6 Å². The zero-order valence-electron chi connectivity index (χ0n) is 16.3. The number of carbonyl (C=O) groups is 1. The molecule has 2 aliphatic rings. The summed E-state index contributed by atoms with van der Waals surface area (Å²) in [6.45, 7) is 1.12. The van der Waals surface area contributed by atoms with Crippen molar-refractivity contribution in [1.82, 2.24) is 9.88 Å². The molecule has 0 radical (unpaired) electrons. The average Bonchev–Trinajstić information content (AvgIpc) is 2.69. The fraction of sp³-hybridized carbons (Fsp3) is 0.455. The van der Waals surface area contributed by atoms with Gasteiger partial charge in [0.2, 0.25) is 0 Å². The third-order valence-electron chi connectivity index (χ3n) is 6.06. The van der Waals surface area contributed by atoms with Gasteiger partial charge in [0, 0.05) is 42.8 Å². The summed E-state index contributed by atoms with van der Waals surface area (Å²) in [5.41, 5.74) is -2.79. The molecule has 0 amide bonds. The molecule has 2 N–H and O–H groups in total. The number of alkyl halides is 1. The summed E-state index contributed by atoms with van der Waals surface area (Å²) in [6.07, 6.45) is 1.03. The van der Waals surface area contributed by atoms with Gasteiger partial charge in [0.1, 0.15) is 11.4 Å². The van der Waals surface area contributed by atoms with Crippen LogP contribution < -0.4 is 0 Å². The number of hydrogen-bond acceptors (Lipinski definition) is 5. The highest BCUT2D eigenvalue weighted by atomic mass is 35.5. The smallest absolute Gasteiger partial charge is 0.195 e. The first kappa shape index (κ1) is 21.3. The molecule has 1 aromatic carbocycles. The van der Waals surface area contributed by atoms with Crippen molar-refractivity contribution in [1.29, 1.82) is 0 Å². The van der Waals surface area contributed by atoms with E-state index in [1.165, 1.54) is 30.5 Å². The van der Waals surface area contributed by atoms with Crippen molar-refractivity contribution < 1.29 is 23.8 Å². The van der Waals surface area contributed by atoms with Gasteiger partial charge >= 0.3 is 0 Å². The van der Waals surface area contributed by atoms with Crippen molar-refractivity contribution in [2.24, 2.45) is 0 Å². The van der Waals surface area contributed by atoms with E-state index in [1.54, 1.807) is 6.07 Å². The van der Waals surface area contributed by atoms with Gasteiger partial charge in [-0.2, -0.15) is 0 Å². The summed E-state index contributed by atoms with van der Waals surface area (Å²) >= 11 is 6.02. The van der Waals surface area contributed by atoms with Crippen LogP contribution in [0.25, 0.3) is 0 Å². The Hall–Kier alpha value is -1.93. The number of hydrogen-bond donors (Lipinski definition) is 2. The molecule has 1 aliphatic heterocycles. The van der Waals surface area contributed by atoms with E-state index >= 15 is 4.39 Å². The molecule has 1 saturated heterocycles. The average molecular weight is 437 g/mol. The van der Waals surface area contributed by atoms with Crippen molar-refractivity contribution in [3.8, 4) is 0 Å². The normalized spacial score (nSPS) is 26.8. The van der Waals surface area contributed by atoms with Gasteiger partial charge in [0.25, 0.3) is 0 Å². The molecule has 2 aromatic rings. The van der Waals surface area contributed by atoms with Gasteiger partial charge in [0.15, 0.2) is 11.5 Å². The minimum absolute atomic E-state index is 0.0448. The zero-order chi connectivity index (χ0) is 21.5. The van der Waals surface area contributed by atoms with E-state index < -0.39 is 29.0 Å². The first-order chi connectivity index (χ1) is 14.2. The molecule has 0 unspecified atom stereocenters. The van der Waals surface area contributed by atoms with E-state index in [0.29, 0.717) is 18.7 Å². The third-order valence-corrected chi connectivity index (χ3v) is 6.41. The minimum atomic E-state index is -2.25. The Morgan fingerprint density at radius 1 is 1.30 bits per heavy atom. The van der Waals surface area contributed by atoms with Gasteiger partial charge < -0.3 is 10.2 Å². The van der Waals surface area contributed by atoms with Crippen molar-refractivity contribution in [2.75, 3.05) is 19.6 Å². The van der Waals surface area contributed by atoms with Crippen LogP contribution >= 0.6 is 11.6 Å². The van der Waals surface area contributed by atoms with Crippen molar-refractivity contribution in [3.63, 3.8) is 0 Å². The Bertz CT molecular complexity index is 969. The van der Waals surface area contributed by atoms with Crippen molar-refractivity contribution >= 4 is 17.4 Å². The van der Waals surface area contributed by atoms with E-state index in [2.05, 4.69) is 4.98 Å².